The first-order chi connectivity index (χ1) is 10.4. The Hall–Kier alpha value is -1.95. The van der Waals surface area contributed by atoms with Crippen molar-refractivity contribution in [3.8, 4) is 0 Å². The number of nitrogens with one attached hydrogen (secondary N) is 1. The normalized spacial score (nSPS) is 12.8. The summed E-state index contributed by atoms with van der Waals surface area (Å²) in [7, 11) is 0. The van der Waals surface area contributed by atoms with Crippen LogP contribution in [0.2, 0.25) is 0 Å². The average molecular weight is 304 g/mol. The number of amides is 1. The molecule has 120 valence electrons. The van der Waals surface area contributed by atoms with E-state index < -0.39 is 0 Å². The highest BCUT2D eigenvalue weighted by Crippen LogP contribution is 2.20. The molecule has 6 nitrogen and oxygen atoms in total. The number of aromatic nitrogens is 3. The summed E-state index contributed by atoms with van der Waals surface area (Å²) < 4.78 is 1.82. The van der Waals surface area contributed by atoms with Gasteiger partial charge in [0.2, 0.25) is 0 Å². The molecule has 0 radical (unpaired) electrons. The van der Waals surface area contributed by atoms with Gasteiger partial charge in [-0.15, -0.1) is 0 Å². The average Bonchev–Trinajstić information content (AvgIpc) is 2.89. The Balaban J connectivity index is 2.25. The topological polar surface area (TPSA) is 80.0 Å². The second kappa shape index (κ2) is 6.87. The summed E-state index contributed by atoms with van der Waals surface area (Å²) in [6.07, 6.45) is 2.57. The second-order valence-corrected chi connectivity index (χ2v) is 5.84. The molecular formula is C16H24N4O2. The SMILES string of the molecule is CCC(O)CCNC(=O)c1cc(C)nc2c1cnn2C(C)C. The van der Waals surface area contributed by atoms with E-state index in [9.17, 15) is 9.90 Å². The van der Waals surface area contributed by atoms with Crippen molar-refractivity contribution >= 4 is 16.9 Å². The van der Waals surface area contributed by atoms with Gasteiger partial charge in [0.05, 0.1) is 23.3 Å². The third-order valence-corrected chi connectivity index (χ3v) is 3.66. The van der Waals surface area contributed by atoms with E-state index in [2.05, 4.69) is 15.4 Å². The lowest BCUT2D eigenvalue weighted by Crippen LogP contribution is -2.27. The highest BCUT2D eigenvalue weighted by atomic mass is 16.3. The molecule has 0 aromatic carbocycles. The van der Waals surface area contributed by atoms with E-state index in [1.165, 1.54) is 0 Å². The summed E-state index contributed by atoms with van der Waals surface area (Å²) >= 11 is 0. The van der Waals surface area contributed by atoms with Crippen molar-refractivity contribution in [1.29, 1.82) is 0 Å². The predicted molar refractivity (Wildman–Crippen MR) is 85.9 cm³/mol. The van der Waals surface area contributed by atoms with Gasteiger partial charge in [-0.3, -0.25) is 4.79 Å². The number of carbonyl (C=O) groups excluding carboxylic acids is 1. The van der Waals surface area contributed by atoms with E-state index in [0.29, 0.717) is 24.9 Å². The van der Waals surface area contributed by atoms with Crippen LogP contribution in [0.5, 0.6) is 0 Å². The molecule has 2 heterocycles. The highest BCUT2D eigenvalue weighted by molar-refractivity contribution is 6.05. The van der Waals surface area contributed by atoms with E-state index in [1.54, 1.807) is 12.3 Å². The van der Waals surface area contributed by atoms with Crippen LogP contribution in [0.3, 0.4) is 0 Å². The van der Waals surface area contributed by atoms with Crippen LogP contribution in [0.25, 0.3) is 11.0 Å². The van der Waals surface area contributed by atoms with Crippen LogP contribution < -0.4 is 5.32 Å². The van der Waals surface area contributed by atoms with Gasteiger partial charge in [0.1, 0.15) is 0 Å². The van der Waals surface area contributed by atoms with Crippen molar-refractivity contribution in [1.82, 2.24) is 20.1 Å². The van der Waals surface area contributed by atoms with Gasteiger partial charge in [-0.1, -0.05) is 6.92 Å². The number of hydrogen-bond acceptors (Lipinski definition) is 4. The number of aliphatic hydroxyl groups is 1. The largest absolute Gasteiger partial charge is 0.393 e. The van der Waals surface area contributed by atoms with Crippen molar-refractivity contribution in [3.63, 3.8) is 0 Å². The molecule has 6 heteroatoms. The third kappa shape index (κ3) is 3.44. The molecular weight excluding hydrogens is 280 g/mol. The van der Waals surface area contributed by atoms with E-state index in [0.717, 1.165) is 16.7 Å². The molecule has 1 amide bonds. The number of aryl methyl sites for hydroxylation is 1. The van der Waals surface area contributed by atoms with Crippen molar-refractivity contribution in [2.75, 3.05) is 6.54 Å². The van der Waals surface area contributed by atoms with Gasteiger partial charge in [-0.05, 0) is 39.7 Å². The minimum absolute atomic E-state index is 0.151. The molecule has 0 spiro atoms. The molecule has 0 aliphatic heterocycles. The minimum atomic E-state index is -0.372. The Bertz CT molecular complexity index is 663. The first-order valence-corrected chi connectivity index (χ1v) is 7.75. The summed E-state index contributed by atoms with van der Waals surface area (Å²) in [6.45, 7) is 8.30. The van der Waals surface area contributed by atoms with Gasteiger partial charge < -0.3 is 10.4 Å². The van der Waals surface area contributed by atoms with Crippen molar-refractivity contribution in [2.45, 2.75) is 52.7 Å². The summed E-state index contributed by atoms with van der Waals surface area (Å²) in [4.78, 5) is 16.9. The molecule has 1 atom stereocenters. The number of hydrogen-bond donors (Lipinski definition) is 2. The smallest absolute Gasteiger partial charge is 0.252 e. The zero-order valence-corrected chi connectivity index (χ0v) is 13.6. The van der Waals surface area contributed by atoms with Crippen LogP contribution in [0.4, 0.5) is 0 Å². The number of carbonyl (C=O) groups is 1. The van der Waals surface area contributed by atoms with Crippen LogP contribution in [0.1, 0.15) is 55.7 Å². The van der Waals surface area contributed by atoms with E-state index in [4.69, 9.17) is 0 Å². The lowest BCUT2D eigenvalue weighted by atomic mass is 10.1. The van der Waals surface area contributed by atoms with Crippen molar-refractivity contribution in [2.24, 2.45) is 0 Å². The van der Waals surface area contributed by atoms with Crippen LogP contribution in [-0.4, -0.2) is 38.4 Å². The Morgan fingerprint density at radius 1 is 1.45 bits per heavy atom. The molecule has 0 aliphatic rings. The van der Waals surface area contributed by atoms with Crippen LogP contribution in [0, 0.1) is 6.92 Å². The van der Waals surface area contributed by atoms with E-state index in [-0.39, 0.29) is 18.1 Å². The van der Waals surface area contributed by atoms with E-state index in [1.807, 2.05) is 32.4 Å². The summed E-state index contributed by atoms with van der Waals surface area (Å²) in [5.74, 6) is -0.151. The number of fused-ring (bicyclic) bond motifs is 1. The first-order valence-electron chi connectivity index (χ1n) is 7.75. The fourth-order valence-corrected chi connectivity index (χ4v) is 2.36. The number of nitrogens with zero attached hydrogens (tertiary/aromatic N) is 3. The Morgan fingerprint density at radius 3 is 2.82 bits per heavy atom. The molecule has 0 bridgehead atoms. The standard InChI is InChI=1S/C16H24N4O2/c1-5-12(21)6-7-17-16(22)13-8-11(4)19-15-14(13)9-18-20(15)10(2)3/h8-10,12,21H,5-7H2,1-4H3,(H,17,22). The number of rotatable bonds is 6. The molecule has 0 saturated carbocycles. The first kappa shape index (κ1) is 16.4. The summed E-state index contributed by atoms with van der Waals surface area (Å²) in [5.41, 5.74) is 2.10. The monoisotopic (exact) mass is 304 g/mol. The van der Waals surface area contributed by atoms with Crippen LogP contribution in [0.15, 0.2) is 12.3 Å². The predicted octanol–water partition coefficient (Wildman–Crippen LogP) is 2.21. The van der Waals surface area contributed by atoms with Crippen molar-refractivity contribution in [3.05, 3.63) is 23.5 Å². The molecule has 22 heavy (non-hydrogen) atoms. The van der Waals surface area contributed by atoms with Crippen LogP contribution in [-0.2, 0) is 0 Å². The van der Waals surface area contributed by atoms with Gasteiger partial charge in [0.15, 0.2) is 5.65 Å². The molecule has 2 rings (SSSR count). The molecule has 2 aromatic rings. The lowest BCUT2D eigenvalue weighted by Gasteiger charge is -2.11. The Labute approximate surface area is 130 Å². The van der Waals surface area contributed by atoms with Gasteiger partial charge in [-0.25, -0.2) is 9.67 Å². The van der Waals surface area contributed by atoms with Gasteiger partial charge in [0, 0.05) is 18.3 Å². The fraction of sp³-hybridized carbons (Fsp3) is 0.562. The lowest BCUT2D eigenvalue weighted by molar-refractivity contribution is 0.0943. The molecule has 1 unspecified atom stereocenters. The quantitative estimate of drug-likeness (QED) is 0.857. The molecule has 0 fully saturated rings. The number of aliphatic hydroxyl groups excluding tert-OH is 1. The van der Waals surface area contributed by atoms with Gasteiger partial charge >= 0.3 is 0 Å². The fourth-order valence-electron chi connectivity index (χ4n) is 2.36. The Morgan fingerprint density at radius 2 is 2.18 bits per heavy atom. The van der Waals surface area contributed by atoms with Gasteiger partial charge in [-0.2, -0.15) is 5.10 Å². The van der Waals surface area contributed by atoms with Crippen LogP contribution >= 0.6 is 0 Å². The second-order valence-electron chi connectivity index (χ2n) is 5.84. The maximum Gasteiger partial charge on any atom is 0.252 e. The third-order valence-electron chi connectivity index (χ3n) is 3.66. The minimum Gasteiger partial charge on any atom is -0.393 e. The summed E-state index contributed by atoms with van der Waals surface area (Å²) in [5, 5.41) is 17.5. The molecule has 2 N–H and O–H groups in total. The molecule has 2 aromatic heterocycles. The highest BCUT2D eigenvalue weighted by Gasteiger charge is 2.16. The van der Waals surface area contributed by atoms with Crippen molar-refractivity contribution < 1.29 is 9.90 Å². The zero-order valence-electron chi connectivity index (χ0n) is 13.6. The zero-order chi connectivity index (χ0) is 16.3. The number of pyridine rings is 1. The Kier molecular flexibility index (Phi) is 5.13. The molecule has 0 aliphatic carbocycles. The summed E-state index contributed by atoms with van der Waals surface area (Å²) in [6, 6.07) is 1.96. The van der Waals surface area contributed by atoms with E-state index >= 15 is 0 Å². The van der Waals surface area contributed by atoms with Gasteiger partial charge in [0.25, 0.3) is 5.91 Å². The maximum atomic E-state index is 12.4. The molecule has 0 saturated heterocycles. The maximum absolute atomic E-state index is 12.4.